The first-order valence-electron chi connectivity index (χ1n) is 6.14. The lowest BCUT2D eigenvalue weighted by Gasteiger charge is -2.26. The molecular weight excluding hydrogens is 294 g/mol. The van der Waals surface area contributed by atoms with Gasteiger partial charge in [0.1, 0.15) is 6.04 Å². The number of anilines is 1. The Hall–Kier alpha value is -1.07. The molecule has 1 unspecified atom stereocenters. The molecule has 1 aromatic carbocycles. The van der Waals surface area contributed by atoms with Crippen LogP contribution in [0.2, 0.25) is 0 Å². The SMILES string of the molecule is CNC(=O)C1CCCN1c1ccc(CN)cc1Br. The Balaban J connectivity index is 2.27. The Bertz CT molecular complexity index is 450. The van der Waals surface area contributed by atoms with Gasteiger partial charge in [0.2, 0.25) is 5.91 Å². The highest BCUT2D eigenvalue weighted by Gasteiger charge is 2.31. The maximum absolute atomic E-state index is 11.8. The van der Waals surface area contributed by atoms with Crippen molar-refractivity contribution < 1.29 is 4.79 Å². The summed E-state index contributed by atoms with van der Waals surface area (Å²) < 4.78 is 1.00. The molecule has 1 aliphatic rings. The summed E-state index contributed by atoms with van der Waals surface area (Å²) >= 11 is 3.57. The number of hydrogen-bond donors (Lipinski definition) is 2. The monoisotopic (exact) mass is 311 g/mol. The number of hydrogen-bond acceptors (Lipinski definition) is 3. The number of likely N-dealkylation sites (N-methyl/N-ethyl adjacent to an activating group) is 1. The predicted molar refractivity (Wildman–Crippen MR) is 76.5 cm³/mol. The van der Waals surface area contributed by atoms with Crippen molar-refractivity contribution in [2.45, 2.75) is 25.4 Å². The van der Waals surface area contributed by atoms with Gasteiger partial charge in [-0.3, -0.25) is 4.79 Å². The van der Waals surface area contributed by atoms with Crippen molar-refractivity contribution in [2.24, 2.45) is 5.73 Å². The van der Waals surface area contributed by atoms with Gasteiger partial charge >= 0.3 is 0 Å². The quantitative estimate of drug-likeness (QED) is 0.892. The molecule has 0 bridgehead atoms. The summed E-state index contributed by atoms with van der Waals surface area (Å²) in [6.07, 6.45) is 1.95. The van der Waals surface area contributed by atoms with Gasteiger partial charge in [-0.1, -0.05) is 6.07 Å². The number of benzene rings is 1. The minimum Gasteiger partial charge on any atom is -0.359 e. The maximum Gasteiger partial charge on any atom is 0.242 e. The second-order valence-electron chi connectivity index (χ2n) is 4.46. The van der Waals surface area contributed by atoms with Gasteiger partial charge in [0.15, 0.2) is 0 Å². The number of halogens is 1. The van der Waals surface area contributed by atoms with Gasteiger partial charge in [-0.25, -0.2) is 0 Å². The Kier molecular flexibility index (Phi) is 4.24. The molecule has 4 nitrogen and oxygen atoms in total. The van der Waals surface area contributed by atoms with E-state index in [9.17, 15) is 4.79 Å². The van der Waals surface area contributed by atoms with Crippen LogP contribution < -0.4 is 16.0 Å². The third-order valence-electron chi connectivity index (χ3n) is 3.36. The first-order valence-corrected chi connectivity index (χ1v) is 6.93. The summed E-state index contributed by atoms with van der Waals surface area (Å²) in [6.45, 7) is 1.44. The number of nitrogens with one attached hydrogen (secondary N) is 1. The summed E-state index contributed by atoms with van der Waals surface area (Å²) in [4.78, 5) is 14.0. The number of carbonyl (C=O) groups excluding carboxylic acids is 1. The van der Waals surface area contributed by atoms with Crippen LogP contribution in [0.5, 0.6) is 0 Å². The minimum absolute atomic E-state index is 0.0602. The molecule has 98 valence electrons. The van der Waals surface area contributed by atoms with Crippen molar-refractivity contribution in [1.82, 2.24) is 5.32 Å². The highest BCUT2D eigenvalue weighted by Crippen LogP contribution is 2.32. The molecule has 0 saturated carbocycles. The molecule has 5 heteroatoms. The summed E-state index contributed by atoms with van der Waals surface area (Å²) in [6, 6.07) is 6.01. The molecule has 1 fully saturated rings. The Morgan fingerprint density at radius 3 is 3.00 bits per heavy atom. The first kappa shape index (κ1) is 13.4. The zero-order valence-corrected chi connectivity index (χ0v) is 12.0. The standard InChI is InChI=1S/C13H18BrN3O/c1-16-13(18)12-3-2-6-17(12)11-5-4-9(8-15)7-10(11)14/h4-5,7,12H,2-3,6,8,15H2,1H3,(H,16,18). The van der Waals surface area contributed by atoms with Crippen LogP contribution in [0.1, 0.15) is 18.4 Å². The van der Waals surface area contributed by atoms with Gasteiger partial charge in [-0.2, -0.15) is 0 Å². The molecular formula is C13H18BrN3O. The highest BCUT2D eigenvalue weighted by atomic mass is 79.9. The van der Waals surface area contributed by atoms with Crippen molar-refractivity contribution in [3.63, 3.8) is 0 Å². The molecule has 0 spiro atoms. The van der Waals surface area contributed by atoms with Crippen LogP contribution in [0.15, 0.2) is 22.7 Å². The smallest absolute Gasteiger partial charge is 0.242 e. The molecule has 0 aliphatic carbocycles. The molecule has 1 aromatic rings. The lowest BCUT2D eigenvalue weighted by Crippen LogP contribution is -2.42. The Morgan fingerprint density at radius 1 is 1.61 bits per heavy atom. The van der Waals surface area contributed by atoms with Crippen LogP contribution in [0, 0.1) is 0 Å². The molecule has 0 aromatic heterocycles. The van der Waals surface area contributed by atoms with Gasteiger partial charge < -0.3 is 16.0 Å². The number of amides is 1. The molecule has 1 saturated heterocycles. The third kappa shape index (κ3) is 2.52. The second kappa shape index (κ2) is 5.71. The van der Waals surface area contributed by atoms with Crippen molar-refractivity contribution >= 4 is 27.5 Å². The van der Waals surface area contributed by atoms with E-state index in [1.54, 1.807) is 7.05 Å². The largest absolute Gasteiger partial charge is 0.359 e. The van der Waals surface area contributed by atoms with Gasteiger partial charge in [0.05, 0.1) is 5.69 Å². The van der Waals surface area contributed by atoms with Gasteiger partial charge in [0, 0.05) is 24.6 Å². The van der Waals surface area contributed by atoms with Gasteiger partial charge in [-0.15, -0.1) is 0 Å². The van der Waals surface area contributed by atoms with Crippen LogP contribution in [-0.4, -0.2) is 25.5 Å². The van der Waals surface area contributed by atoms with Crippen molar-refractivity contribution in [1.29, 1.82) is 0 Å². The first-order chi connectivity index (χ1) is 8.67. The molecule has 3 N–H and O–H groups in total. The average Bonchev–Trinajstić information content (AvgIpc) is 2.86. The fourth-order valence-electron chi connectivity index (χ4n) is 2.40. The highest BCUT2D eigenvalue weighted by molar-refractivity contribution is 9.10. The van der Waals surface area contributed by atoms with Crippen LogP contribution in [0.4, 0.5) is 5.69 Å². The normalized spacial score (nSPS) is 19.1. The van der Waals surface area contributed by atoms with E-state index in [2.05, 4.69) is 26.1 Å². The predicted octanol–water partition coefficient (Wildman–Crippen LogP) is 1.62. The van der Waals surface area contributed by atoms with E-state index in [1.165, 1.54) is 0 Å². The van der Waals surface area contributed by atoms with Crippen molar-refractivity contribution in [3.05, 3.63) is 28.2 Å². The van der Waals surface area contributed by atoms with E-state index in [-0.39, 0.29) is 11.9 Å². The summed E-state index contributed by atoms with van der Waals surface area (Å²) in [5.41, 5.74) is 7.77. The van der Waals surface area contributed by atoms with E-state index in [4.69, 9.17) is 5.73 Å². The Morgan fingerprint density at radius 2 is 2.39 bits per heavy atom. The summed E-state index contributed by atoms with van der Waals surface area (Å²) in [7, 11) is 1.69. The maximum atomic E-state index is 11.8. The average molecular weight is 312 g/mol. The molecule has 0 radical (unpaired) electrons. The van der Waals surface area contributed by atoms with Crippen LogP contribution >= 0.6 is 15.9 Å². The molecule has 1 heterocycles. The van der Waals surface area contributed by atoms with Gasteiger partial charge in [-0.05, 0) is 46.5 Å². The van der Waals surface area contributed by atoms with E-state index >= 15 is 0 Å². The summed E-state index contributed by atoms with van der Waals surface area (Å²) in [5.74, 6) is 0.0855. The molecule has 18 heavy (non-hydrogen) atoms. The molecule has 1 amide bonds. The molecule has 1 aliphatic heterocycles. The Labute approximate surface area is 116 Å². The fraction of sp³-hybridized carbons (Fsp3) is 0.462. The molecule has 1 atom stereocenters. The zero-order valence-electron chi connectivity index (χ0n) is 10.4. The van der Waals surface area contributed by atoms with Crippen LogP contribution in [0.3, 0.4) is 0 Å². The third-order valence-corrected chi connectivity index (χ3v) is 3.99. The van der Waals surface area contributed by atoms with Crippen LogP contribution in [-0.2, 0) is 11.3 Å². The van der Waals surface area contributed by atoms with Crippen molar-refractivity contribution in [3.8, 4) is 0 Å². The lowest BCUT2D eigenvalue weighted by molar-refractivity contribution is -0.121. The minimum atomic E-state index is -0.0602. The zero-order chi connectivity index (χ0) is 13.1. The number of rotatable bonds is 3. The van der Waals surface area contributed by atoms with E-state index in [1.807, 2.05) is 18.2 Å². The fourth-order valence-corrected chi connectivity index (χ4v) is 3.06. The van der Waals surface area contributed by atoms with Crippen molar-refractivity contribution in [2.75, 3.05) is 18.5 Å². The number of nitrogens with zero attached hydrogens (tertiary/aromatic N) is 1. The number of nitrogens with two attached hydrogens (primary N) is 1. The topological polar surface area (TPSA) is 58.4 Å². The second-order valence-corrected chi connectivity index (χ2v) is 5.31. The van der Waals surface area contributed by atoms with Crippen LogP contribution in [0.25, 0.3) is 0 Å². The van der Waals surface area contributed by atoms with Gasteiger partial charge in [0.25, 0.3) is 0 Å². The van der Waals surface area contributed by atoms with E-state index in [0.717, 1.165) is 35.1 Å². The lowest BCUT2D eigenvalue weighted by atomic mass is 10.1. The summed E-state index contributed by atoms with van der Waals surface area (Å²) in [5, 5.41) is 2.73. The molecule has 2 rings (SSSR count). The number of carbonyl (C=O) groups is 1. The van der Waals surface area contributed by atoms with E-state index < -0.39 is 0 Å². The van der Waals surface area contributed by atoms with E-state index in [0.29, 0.717) is 6.54 Å².